The molecule has 194 valence electrons. The highest BCUT2D eigenvalue weighted by Gasteiger charge is 2.33. The summed E-state index contributed by atoms with van der Waals surface area (Å²) in [6, 6.07) is 8.26. The van der Waals surface area contributed by atoms with E-state index in [1.807, 2.05) is 0 Å². The third kappa shape index (κ3) is 6.64. The van der Waals surface area contributed by atoms with E-state index in [4.69, 9.17) is 0 Å². The number of nitrogens with zero attached hydrogens (tertiary/aromatic N) is 3. The molecule has 2 aromatic rings. The SMILES string of the molecule is O=C(Nc1ccc(C(F)(F)F)nc1)N[C@@H]1CCCC[C@H]1C[C@H]1CCCN(c2ccc([N+](=O)[O-])cc2)C1. The average Bonchev–Trinajstić information content (AvgIpc) is 2.85. The molecule has 1 aromatic heterocycles. The van der Waals surface area contributed by atoms with Crippen LogP contribution < -0.4 is 15.5 Å². The summed E-state index contributed by atoms with van der Waals surface area (Å²) in [6.45, 7) is 1.77. The summed E-state index contributed by atoms with van der Waals surface area (Å²) in [7, 11) is 0. The molecule has 0 spiro atoms. The van der Waals surface area contributed by atoms with Gasteiger partial charge in [-0.2, -0.15) is 13.2 Å². The van der Waals surface area contributed by atoms with Crippen LogP contribution in [0.4, 0.5) is 35.0 Å². The molecule has 2 aliphatic rings. The van der Waals surface area contributed by atoms with Gasteiger partial charge in [0.2, 0.25) is 0 Å². The maximum Gasteiger partial charge on any atom is 0.433 e. The quantitative estimate of drug-likeness (QED) is 0.371. The molecule has 2 amide bonds. The van der Waals surface area contributed by atoms with Gasteiger partial charge < -0.3 is 15.5 Å². The predicted molar refractivity (Wildman–Crippen MR) is 130 cm³/mol. The number of nitro groups is 1. The van der Waals surface area contributed by atoms with Gasteiger partial charge in [-0.05, 0) is 68.2 Å². The molecule has 0 bridgehead atoms. The van der Waals surface area contributed by atoms with E-state index in [-0.39, 0.29) is 17.4 Å². The van der Waals surface area contributed by atoms with Crippen LogP contribution in [0, 0.1) is 22.0 Å². The number of urea groups is 1. The van der Waals surface area contributed by atoms with Gasteiger partial charge in [-0.1, -0.05) is 12.8 Å². The third-order valence-corrected chi connectivity index (χ3v) is 7.12. The minimum Gasteiger partial charge on any atom is -0.371 e. The lowest BCUT2D eigenvalue weighted by Crippen LogP contribution is -2.45. The molecule has 2 heterocycles. The van der Waals surface area contributed by atoms with Gasteiger partial charge in [0.05, 0.1) is 16.8 Å². The number of aromatic nitrogens is 1. The average molecular weight is 506 g/mol. The molecule has 0 radical (unpaired) electrons. The van der Waals surface area contributed by atoms with Crippen molar-refractivity contribution in [2.75, 3.05) is 23.3 Å². The Balaban J connectivity index is 1.32. The molecule has 2 fully saturated rings. The number of halogens is 3. The van der Waals surface area contributed by atoms with E-state index in [1.165, 1.54) is 18.2 Å². The van der Waals surface area contributed by atoms with Crippen LogP contribution in [0.5, 0.6) is 0 Å². The Bertz CT molecular complexity index is 1050. The Morgan fingerprint density at radius 1 is 1.08 bits per heavy atom. The summed E-state index contributed by atoms with van der Waals surface area (Å²) >= 11 is 0. The van der Waals surface area contributed by atoms with Gasteiger partial charge in [-0.25, -0.2) is 9.78 Å². The smallest absolute Gasteiger partial charge is 0.371 e. The van der Waals surface area contributed by atoms with Crippen LogP contribution in [-0.2, 0) is 6.18 Å². The number of benzene rings is 1. The van der Waals surface area contributed by atoms with E-state index in [9.17, 15) is 28.1 Å². The molecular formula is C25H30F3N5O3. The molecule has 2 N–H and O–H groups in total. The van der Waals surface area contributed by atoms with E-state index in [2.05, 4.69) is 20.5 Å². The van der Waals surface area contributed by atoms with Gasteiger partial charge in [0.25, 0.3) is 5.69 Å². The molecule has 1 aliphatic heterocycles. The van der Waals surface area contributed by atoms with Gasteiger partial charge in [-0.15, -0.1) is 0 Å². The first-order chi connectivity index (χ1) is 17.2. The highest BCUT2D eigenvalue weighted by molar-refractivity contribution is 5.89. The first kappa shape index (κ1) is 25.7. The highest BCUT2D eigenvalue weighted by atomic mass is 19.4. The van der Waals surface area contributed by atoms with Gasteiger partial charge >= 0.3 is 12.2 Å². The molecule has 11 heteroatoms. The fourth-order valence-electron chi connectivity index (χ4n) is 5.36. The normalized spacial score (nSPS) is 22.6. The number of amides is 2. The minimum absolute atomic E-state index is 0.00379. The van der Waals surface area contributed by atoms with Gasteiger partial charge in [0, 0.05) is 37.0 Å². The summed E-state index contributed by atoms with van der Waals surface area (Å²) < 4.78 is 38.1. The third-order valence-electron chi connectivity index (χ3n) is 7.12. The Morgan fingerprint density at radius 3 is 2.50 bits per heavy atom. The van der Waals surface area contributed by atoms with E-state index in [1.54, 1.807) is 12.1 Å². The van der Waals surface area contributed by atoms with Crippen LogP contribution in [0.2, 0.25) is 0 Å². The Hall–Kier alpha value is -3.37. The molecular weight excluding hydrogens is 475 g/mol. The van der Waals surface area contributed by atoms with Crippen molar-refractivity contribution in [3.8, 4) is 0 Å². The Kier molecular flexibility index (Phi) is 7.95. The number of carbonyl (C=O) groups excluding carboxylic acids is 1. The number of hydrogen-bond acceptors (Lipinski definition) is 5. The molecule has 8 nitrogen and oxygen atoms in total. The Morgan fingerprint density at radius 2 is 1.83 bits per heavy atom. The van der Waals surface area contributed by atoms with Crippen molar-refractivity contribution in [2.24, 2.45) is 11.8 Å². The van der Waals surface area contributed by atoms with Crippen molar-refractivity contribution in [1.82, 2.24) is 10.3 Å². The fourth-order valence-corrected chi connectivity index (χ4v) is 5.36. The van der Waals surface area contributed by atoms with Crippen molar-refractivity contribution < 1.29 is 22.9 Å². The van der Waals surface area contributed by atoms with Crippen molar-refractivity contribution in [3.05, 3.63) is 58.4 Å². The summed E-state index contributed by atoms with van der Waals surface area (Å²) in [4.78, 5) is 28.8. The zero-order chi connectivity index (χ0) is 25.7. The minimum atomic E-state index is -4.52. The monoisotopic (exact) mass is 505 g/mol. The second-order valence-electron chi connectivity index (χ2n) is 9.64. The number of nitrogens with one attached hydrogen (secondary N) is 2. The zero-order valence-electron chi connectivity index (χ0n) is 19.8. The number of pyridine rings is 1. The first-order valence-corrected chi connectivity index (χ1v) is 12.3. The molecule has 0 unspecified atom stereocenters. The van der Waals surface area contributed by atoms with Crippen LogP contribution in [0.3, 0.4) is 0 Å². The number of carbonyl (C=O) groups is 1. The lowest BCUT2D eigenvalue weighted by Gasteiger charge is -2.39. The van der Waals surface area contributed by atoms with E-state index >= 15 is 0 Å². The van der Waals surface area contributed by atoms with E-state index < -0.39 is 22.8 Å². The maximum absolute atomic E-state index is 12.7. The number of piperidine rings is 1. The van der Waals surface area contributed by atoms with Crippen LogP contribution in [0.15, 0.2) is 42.6 Å². The fraction of sp³-hybridized carbons (Fsp3) is 0.520. The van der Waals surface area contributed by atoms with Crippen LogP contribution in [0.25, 0.3) is 0 Å². The van der Waals surface area contributed by atoms with Crippen LogP contribution >= 0.6 is 0 Å². The van der Waals surface area contributed by atoms with Crippen molar-refractivity contribution >= 4 is 23.1 Å². The van der Waals surface area contributed by atoms with E-state index in [0.29, 0.717) is 11.8 Å². The highest BCUT2D eigenvalue weighted by Crippen LogP contribution is 2.34. The van der Waals surface area contributed by atoms with Crippen LogP contribution in [-0.4, -0.2) is 35.1 Å². The predicted octanol–water partition coefficient (Wildman–Crippen LogP) is 6.00. The molecule has 1 aromatic carbocycles. The van der Waals surface area contributed by atoms with Crippen molar-refractivity contribution in [2.45, 2.75) is 57.2 Å². The second-order valence-corrected chi connectivity index (χ2v) is 9.64. The topological polar surface area (TPSA) is 100 Å². The Labute approximate surface area is 207 Å². The van der Waals surface area contributed by atoms with Crippen molar-refractivity contribution in [1.29, 1.82) is 0 Å². The number of hydrogen-bond donors (Lipinski definition) is 2. The molecule has 3 atom stereocenters. The number of non-ortho nitro benzene ring substituents is 1. The van der Waals surface area contributed by atoms with Gasteiger partial charge in [0.1, 0.15) is 5.69 Å². The summed E-state index contributed by atoms with van der Waals surface area (Å²) in [5.41, 5.74) is 0.261. The summed E-state index contributed by atoms with van der Waals surface area (Å²) in [6.07, 6.45) is 3.58. The standard InChI is InChI=1S/C25H30F3N5O3/c26-25(27,28)23-12-7-19(15-29-23)30-24(34)31-22-6-2-1-5-18(22)14-17-4-3-13-32(16-17)20-8-10-21(11-9-20)33(35)36/h7-12,15,17-18,22H,1-6,13-14,16H2,(H2,30,31,34)/t17-,18+,22-/m1/s1. The molecule has 1 saturated carbocycles. The van der Waals surface area contributed by atoms with Crippen molar-refractivity contribution in [3.63, 3.8) is 0 Å². The van der Waals surface area contributed by atoms with E-state index in [0.717, 1.165) is 76.0 Å². The lowest BCUT2D eigenvalue weighted by molar-refractivity contribution is -0.384. The van der Waals surface area contributed by atoms with Gasteiger partial charge in [0.15, 0.2) is 0 Å². The maximum atomic E-state index is 12.7. The number of rotatable bonds is 6. The second kappa shape index (κ2) is 11.1. The molecule has 1 aliphatic carbocycles. The molecule has 1 saturated heterocycles. The number of anilines is 2. The number of nitro benzene ring substituents is 1. The molecule has 4 rings (SSSR count). The summed E-state index contributed by atoms with van der Waals surface area (Å²) in [5.74, 6) is 0.764. The lowest BCUT2D eigenvalue weighted by atomic mass is 9.77. The molecule has 36 heavy (non-hydrogen) atoms. The summed E-state index contributed by atoms with van der Waals surface area (Å²) in [5, 5.41) is 16.6. The van der Waals surface area contributed by atoms with Gasteiger partial charge in [-0.3, -0.25) is 10.1 Å². The zero-order valence-corrected chi connectivity index (χ0v) is 19.8. The number of alkyl halides is 3. The first-order valence-electron chi connectivity index (χ1n) is 12.3. The van der Waals surface area contributed by atoms with Crippen LogP contribution in [0.1, 0.15) is 50.6 Å². The largest absolute Gasteiger partial charge is 0.433 e.